The fourth-order valence-electron chi connectivity index (χ4n) is 1.83. The molecule has 2 aromatic rings. The van der Waals surface area contributed by atoms with Crippen molar-refractivity contribution < 1.29 is 4.79 Å². The van der Waals surface area contributed by atoms with Crippen molar-refractivity contribution in [2.75, 3.05) is 0 Å². The summed E-state index contributed by atoms with van der Waals surface area (Å²) >= 11 is 3.30. The molecule has 0 bridgehead atoms. The van der Waals surface area contributed by atoms with E-state index in [2.05, 4.69) is 21.0 Å². The van der Waals surface area contributed by atoms with Gasteiger partial charge >= 0.3 is 0 Å². The molecule has 0 saturated carbocycles. The van der Waals surface area contributed by atoms with E-state index in [1.165, 1.54) is 6.92 Å². The van der Waals surface area contributed by atoms with E-state index in [1.807, 2.05) is 6.07 Å². The van der Waals surface area contributed by atoms with E-state index < -0.39 is 5.56 Å². The Kier molecular flexibility index (Phi) is 3.81. The third-order valence-corrected chi connectivity index (χ3v) is 3.38. The third kappa shape index (κ3) is 2.40. The van der Waals surface area contributed by atoms with Gasteiger partial charge in [-0.1, -0.05) is 15.9 Å². The second-order valence-corrected chi connectivity index (χ2v) is 5.13. The number of hydrogen-bond acceptors (Lipinski definition) is 4. The molecule has 0 fully saturated rings. The fraction of sp³-hybridized carbons (Fsp3) is 0.143. The highest BCUT2D eigenvalue weighted by Gasteiger charge is 2.17. The van der Waals surface area contributed by atoms with Gasteiger partial charge in [0.25, 0.3) is 5.56 Å². The maximum atomic E-state index is 12.2. The molecule has 0 aliphatic heterocycles. The zero-order valence-corrected chi connectivity index (χ0v) is 12.4. The van der Waals surface area contributed by atoms with Crippen LogP contribution in [0.25, 0.3) is 5.69 Å². The number of nitriles is 1. The third-order valence-electron chi connectivity index (χ3n) is 2.85. The molecule has 0 N–H and O–H groups in total. The van der Waals surface area contributed by atoms with Gasteiger partial charge < -0.3 is 0 Å². The number of carbonyl (C=O) groups excluding carboxylic acids is 1. The van der Waals surface area contributed by atoms with Crippen molar-refractivity contribution in [1.82, 2.24) is 9.78 Å². The molecule has 1 aromatic heterocycles. The molecule has 1 heterocycles. The molecular weight excluding hydrogens is 322 g/mol. The van der Waals surface area contributed by atoms with Gasteiger partial charge in [-0.05, 0) is 31.2 Å². The summed E-state index contributed by atoms with van der Waals surface area (Å²) < 4.78 is 1.93. The van der Waals surface area contributed by atoms with Gasteiger partial charge in [0.05, 0.1) is 5.69 Å². The molecule has 0 atom stereocenters. The number of carbonyl (C=O) groups is 1. The molecule has 0 spiro atoms. The number of halogens is 1. The minimum Gasteiger partial charge on any atom is -0.293 e. The normalized spacial score (nSPS) is 10.1. The van der Waals surface area contributed by atoms with Crippen LogP contribution in [0, 0.1) is 18.3 Å². The van der Waals surface area contributed by atoms with E-state index in [4.69, 9.17) is 5.26 Å². The molecule has 0 saturated heterocycles. The van der Waals surface area contributed by atoms with Crippen molar-refractivity contribution in [3.8, 4) is 11.8 Å². The summed E-state index contributed by atoms with van der Waals surface area (Å²) in [6.07, 6.45) is 0. The predicted molar refractivity (Wildman–Crippen MR) is 77.0 cm³/mol. The molecular formula is C14H10BrN3O2. The quantitative estimate of drug-likeness (QED) is 0.791. The summed E-state index contributed by atoms with van der Waals surface area (Å²) in [5.41, 5.74) is 0.352. The van der Waals surface area contributed by atoms with Crippen LogP contribution in [0.3, 0.4) is 0 Å². The largest absolute Gasteiger partial charge is 0.293 e. The predicted octanol–water partition coefficient (Wildman–Crippen LogP) is 2.38. The van der Waals surface area contributed by atoms with Crippen molar-refractivity contribution >= 4 is 21.7 Å². The molecule has 0 aliphatic carbocycles. The van der Waals surface area contributed by atoms with Crippen molar-refractivity contribution in [3.63, 3.8) is 0 Å². The smallest absolute Gasteiger partial charge is 0.289 e. The average Bonchev–Trinajstić information content (AvgIpc) is 2.40. The summed E-state index contributed by atoms with van der Waals surface area (Å²) in [4.78, 5) is 23.8. The van der Waals surface area contributed by atoms with Crippen LogP contribution in [0.5, 0.6) is 0 Å². The molecule has 1 aromatic carbocycles. The second kappa shape index (κ2) is 5.39. The van der Waals surface area contributed by atoms with E-state index in [9.17, 15) is 9.59 Å². The van der Waals surface area contributed by atoms with Gasteiger partial charge in [0, 0.05) is 17.0 Å². The Morgan fingerprint density at radius 1 is 1.35 bits per heavy atom. The van der Waals surface area contributed by atoms with Crippen LogP contribution in [0.15, 0.2) is 33.5 Å². The maximum Gasteiger partial charge on any atom is 0.289 e. The van der Waals surface area contributed by atoms with Gasteiger partial charge in [-0.2, -0.15) is 15.0 Å². The fourth-order valence-corrected chi connectivity index (χ4v) is 2.09. The van der Waals surface area contributed by atoms with E-state index in [-0.39, 0.29) is 17.0 Å². The Balaban J connectivity index is 2.81. The van der Waals surface area contributed by atoms with Crippen LogP contribution < -0.4 is 5.56 Å². The van der Waals surface area contributed by atoms with E-state index in [0.29, 0.717) is 11.3 Å². The molecule has 2 rings (SSSR count). The monoisotopic (exact) mass is 331 g/mol. The van der Waals surface area contributed by atoms with Crippen LogP contribution in [-0.2, 0) is 0 Å². The number of hydrogen-bond donors (Lipinski definition) is 0. The summed E-state index contributed by atoms with van der Waals surface area (Å²) in [6, 6.07) is 8.71. The lowest BCUT2D eigenvalue weighted by Gasteiger charge is -2.09. The minimum atomic E-state index is -0.530. The highest BCUT2D eigenvalue weighted by molar-refractivity contribution is 9.10. The summed E-state index contributed by atoms with van der Waals surface area (Å²) in [6.45, 7) is 2.91. The highest BCUT2D eigenvalue weighted by atomic mass is 79.9. The topological polar surface area (TPSA) is 75.8 Å². The number of benzene rings is 1. The van der Waals surface area contributed by atoms with Gasteiger partial charge in [0.2, 0.25) is 0 Å². The Hall–Kier alpha value is -2.26. The lowest BCUT2D eigenvalue weighted by molar-refractivity contribution is 0.101. The van der Waals surface area contributed by atoms with Gasteiger partial charge in [0.15, 0.2) is 5.78 Å². The Labute approximate surface area is 123 Å². The molecule has 0 amide bonds. The van der Waals surface area contributed by atoms with Crippen LogP contribution in [0.2, 0.25) is 0 Å². The molecule has 0 radical (unpaired) electrons. The van der Waals surface area contributed by atoms with Crippen LogP contribution >= 0.6 is 15.9 Å². The molecule has 6 heteroatoms. The molecule has 0 unspecified atom stereocenters. The first-order chi connectivity index (χ1) is 9.45. The van der Waals surface area contributed by atoms with Crippen LogP contribution in [0.4, 0.5) is 0 Å². The summed E-state index contributed by atoms with van der Waals surface area (Å²) in [7, 11) is 0. The Bertz CT molecular complexity index is 786. The first kappa shape index (κ1) is 14.2. The first-order valence-corrected chi connectivity index (χ1v) is 6.56. The maximum absolute atomic E-state index is 12.2. The second-order valence-electron chi connectivity index (χ2n) is 4.21. The summed E-state index contributed by atoms with van der Waals surface area (Å²) in [5.74, 6) is -0.287. The van der Waals surface area contributed by atoms with Crippen LogP contribution in [-0.4, -0.2) is 15.6 Å². The molecule has 5 nitrogen and oxygen atoms in total. The van der Waals surface area contributed by atoms with Crippen molar-refractivity contribution in [3.05, 3.63) is 55.9 Å². The van der Waals surface area contributed by atoms with Gasteiger partial charge in [-0.3, -0.25) is 9.59 Å². The van der Waals surface area contributed by atoms with Gasteiger partial charge in [-0.15, -0.1) is 0 Å². The Morgan fingerprint density at radius 2 is 1.95 bits per heavy atom. The number of nitrogens with zero attached hydrogens (tertiary/aromatic N) is 3. The average molecular weight is 332 g/mol. The van der Waals surface area contributed by atoms with Gasteiger partial charge in [0.1, 0.15) is 17.3 Å². The molecule has 100 valence electrons. The van der Waals surface area contributed by atoms with Gasteiger partial charge in [-0.25, -0.2) is 0 Å². The standard InChI is InChI=1S/C14H10BrN3O2/c1-8-12(7-16)14(20)18(17-13(8)9(2)19)11-5-3-10(15)4-6-11/h3-6H,1-2H3. The van der Waals surface area contributed by atoms with Crippen molar-refractivity contribution in [2.24, 2.45) is 0 Å². The van der Waals surface area contributed by atoms with E-state index in [0.717, 1.165) is 9.15 Å². The number of aromatic nitrogens is 2. The lowest BCUT2D eigenvalue weighted by Crippen LogP contribution is -2.27. The minimum absolute atomic E-state index is 0.0619. The summed E-state index contributed by atoms with van der Waals surface area (Å²) in [5, 5.41) is 13.2. The van der Waals surface area contributed by atoms with E-state index >= 15 is 0 Å². The zero-order chi connectivity index (χ0) is 14.9. The first-order valence-electron chi connectivity index (χ1n) is 5.76. The number of Topliss-reactive ketones (excluding diaryl/α,β-unsaturated/α-hetero) is 1. The highest BCUT2D eigenvalue weighted by Crippen LogP contribution is 2.14. The number of ketones is 1. The zero-order valence-electron chi connectivity index (χ0n) is 10.8. The van der Waals surface area contributed by atoms with Crippen LogP contribution in [0.1, 0.15) is 28.5 Å². The molecule has 20 heavy (non-hydrogen) atoms. The van der Waals surface area contributed by atoms with Crippen molar-refractivity contribution in [2.45, 2.75) is 13.8 Å². The Morgan fingerprint density at radius 3 is 2.45 bits per heavy atom. The van der Waals surface area contributed by atoms with Crippen molar-refractivity contribution in [1.29, 1.82) is 5.26 Å². The lowest BCUT2D eigenvalue weighted by atomic mass is 10.1. The molecule has 0 aliphatic rings. The van der Waals surface area contributed by atoms with E-state index in [1.54, 1.807) is 31.2 Å². The number of rotatable bonds is 2. The SMILES string of the molecule is CC(=O)c1nn(-c2ccc(Br)cc2)c(=O)c(C#N)c1C.